The van der Waals surface area contributed by atoms with Gasteiger partial charge in [-0.1, -0.05) is 49.4 Å². The molecule has 1 fully saturated rings. The van der Waals surface area contributed by atoms with Crippen molar-refractivity contribution in [2.45, 2.75) is 32.7 Å². The zero-order valence-corrected chi connectivity index (χ0v) is 17.4. The molecule has 2 aromatic rings. The van der Waals surface area contributed by atoms with Crippen LogP contribution in [0.2, 0.25) is 0 Å². The number of piperidine rings is 1. The van der Waals surface area contributed by atoms with Crippen LogP contribution in [0.4, 0.5) is 5.69 Å². The van der Waals surface area contributed by atoms with Crippen LogP contribution in [0.25, 0.3) is 0 Å². The number of anilines is 1. The minimum atomic E-state index is -0.0800. The Morgan fingerprint density at radius 2 is 1.76 bits per heavy atom. The Morgan fingerprint density at radius 1 is 1.07 bits per heavy atom. The number of carbonyl (C=O) groups is 2. The Hall–Kier alpha value is -2.66. The van der Waals surface area contributed by atoms with Crippen molar-refractivity contribution in [3.8, 4) is 0 Å². The van der Waals surface area contributed by atoms with Gasteiger partial charge in [0.15, 0.2) is 0 Å². The molecule has 1 N–H and O–H groups in total. The standard InChI is InChI=1S/C24H31N3O2/c1-3-19-11-13-20(14-12-19)16-26(2)23(28)18-27-15-7-8-21(17-27)24(29)25-22-9-5-4-6-10-22/h4-6,9-14,21H,3,7-8,15-18H2,1-2H3,(H,25,29)/t21-/m0/s1. The third kappa shape index (κ3) is 6.16. The van der Waals surface area contributed by atoms with Gasteiger partial charge in [0, 0.05) is 25.8 Å². The first kappa shape index (κ1) is 21.1. The molecule has 2 amide bonds. The summed E-state index contributed by atoms with van der Waals surface area (Å²) in [6.45, 7) is 4.59. The number of nitrogens with zero attached hydrogens (tertiary/aromatic N) is 2. The van der Waals surface area contributed by atoms with E-state index in [2.05, 4.69) is 41.4 Å². The summed E-state index contributed by atoms with van der Waals surface area (Å²) >= 11 is 0. The highest BCUT2D eigenvalue weighted by Gasteiger charge is 2.27. The van der Waals surface area contributed by atoms with E-state index in [9.17, 15) is 9.59 Å². The molecular weight excluding hydrogens is 362 g/mol. The lowest BCUT2D eigenvalue weighted by Gasteiger charge is -2.32. The number of carbonyl (C=O) groups excluding carboxylic acids is 2. The van der Waals surface area contributed by atoms with Crippen LogP contribution in [0.5, 0.6) is 0 Å². The Bertz CT molecular complexity index is 805. The number of aryl methyl sites for hydroxylation is 1. The molecule has 5 heteroatoms. The third-order valence-electron chi connectivity index (χ3n) is 5.55. The van der Waals surface area contributed by atoms with Crippen LogP contribution < -0.4 is 5.32 Å². The number of nitrogens with one attached hydrogen (secondary N) is 1. The molecule has 0 aromatic heterocycles. The van der Waals surface area contributed by atoms with Crippen LogP contribution in [0.15, 0.2) is 54.6 Å². The Labute approximate surface area is 173 Å². The van der Waals surface area contributed by atoms with Gasteiger partial charge in [0.1, 0.15) is 0 Å². The van der Waals surface area contributed by atoms with Gasteiger partial charge in [0.05, 0.1) is 12.5 Å². The molecule has 3 rings (SSSR count). The lowest BCUT2D eigenvalue weighted by Crippen LogP contribution is -2.45. The lowest BCUT2D eigenvalue weighted by atomic mass is 9.97. The highest BCUT2D eigenvalue weighted by Crippen LogP contribution is 2.19. The highest BCUT2D eigenvalue weighted by molar-refractivity contribution is 5.92. The van der Waals surface area contributed by atoms with Gasteiger partial charge in [-0.15, -0.1) is 0 Å². The van der Waals surface area contributed by atoms with E-state index in [1.165, 1.54) is 5.56 Å². The molecule has 1 heterocycles. The van der Waals surface area contributed by atoms with Gasteiger partial charge < -0.3 is 10.2 Å². The van der Waals surface area contributed by atoms with Crippen molar-refractivity contribution < 1.29 is 9.59 Å². The number of rotatable bonds is 7. The smallest absolute Gasteiger partial charge is 0.236 e. The molecule has 5 nitrogen and oxygen atoms in total. The summed E-state index contributed by atoms with van der Waals surface area (Å²) in [5.74, 6) is 0.0510. The molecule has 0 radical (unpaired) electrons. The second-order valence-electron chi connectivity index (χ2n) is 7.85. The van der Waals surface area contributed by atoms with E-state index in [-0.39, 0.29) is 17.7 Å². The summed E-state index contributed by atoms with van der Waals surface area (Å²) in [5, 5.41) is 2.99. The van der Waals surface area contributed by atoms with E-state index < -0.39 is 0 Å². The summed E-state index contributed by atoms with van der Waals surface area (Å²) in [6.07, 6.45) is 2.81. The van der Waals surface area contributed by atoms with Crippen LogP contribution in [0.3, 0.4) is 0 Å². The van der Waals surface area contributed by atoms with Crippen molar-refractivity contribution in [3.63, 3.8) is 0 Å². The van der Waals surface area contributed by atoms with Crippen LogP contribution >= 0.6 is 0 Å². The third-order valence-corrected chi connectivity index (χ3v) is 5.55. The van der Waals surface area contributed by atoms with Crippen LogP contribution in [0.1, 0.15) is 30.9 Å². The summed E-state index contributed by atoms with van der Waals surface area (Å²) in [7, 11) is 1.85. The average molecular weight is 394 g/mol. The van der Waals surface area contributed by atoms with Gasteiger partial charge in [0.25, 0.3) is 0 Å². The zero-order valence-electron chi connectivity index (χ0n) is 17.4. The maximum atomic E-state index is 12.7. The van der Waals surface area contributed by atoms with Gasteiger partial charge in [-0.3, -0.25) is 14.5 Å². The monoisotopic (exact) mass is 393 g/mol. The van der Waals surface area contributed by atoms with Crippen LogP contribution in [-0.4, -0.2) is 48.3 Å². The minimum absolute atomic E-state index is 0.0396. The Kier molecular flexibility index (Phi) is 7.42. The largest absolute Gasteiger partial charge is 0.340 e. The van der Waals surface area contributed by atoms with Crippen molar-refractivity contribution in [2.75, 3.05) is 32.0 Å². The first-order valence-electron chi connectivity index (χ1n) is 10.4. The first-order valence-corrected chi connectivity index (χ1v) is 10.4. The summed E-state index contributed by atoms with van der Waals surface area (Å²) in [6, 6.07) is 18.0. The molecule has 0 spiro atoms. The van der Waals surface area contributed by atoms with Crippen molar-refractivity contribution in [2.24, 2.45) is 5.92 Å². The number of hydrogen-bond donors (Lipinski definition) is 1. The number of amides is 2. The number of likely N-dealkylation sites (N-methyl/N-ethyl adjacent to an activating group) is 1. The average Bonchev–Trinajstić information content (AvgIpc) is 2.75. The zero-order chi connectivity index (χ0) is 20.6. The molecule has 1 aliphatic heterocycles. The molecule has 0 aliphatic carbocycles. The quantitative estimate of drug-likeness (QED) is 0.783. The maximum Gasteiger partial charge on any atom is 0.236 e. The van der Waals surface area contributed by atoms with Gasteiger partial charge in [-0.25, -0.2) is 0 Å². The second-order valence-corrected chi connectivity index (χ2v) is 7.85. The predicted octanol–water partition coefficient (Wildman–Crippen LogP) is 3.56. The summed E-state index contributed by atoms with van der Waals surface area (Å²) in [5.41, 5.74) is 3.26. The molecule has 0 saturated carbocycles. The minimum Gasteiger partial charge on any atom is -0.340 e. The second kappa shape index (κ2) is 10.2. The van der Waals surface area contributed by atoms with Crippen molar-refractivity contribution in [1.82, 2.24) is 9.80 Å². The molecule has 1 atom stereocenters. The molecular formula is C24H31N3O2. The summed E-state index contributed by atoms with van der Waals surface area (Å²) < 4.78 is 0. The Morgan fingerprint density at radius 3 is 2.45 bits per heavy atom. The van der Waals surface area contributed by atoms with Gasteiger partial charge in [-0.05, 0) is 49.1 Å². The van der Waals surface area contributed by atoms with Crippen molar-refractivity contribution in [1.29, 1.82) is 0 Å². The Balaban J connectivity index is 1.49. The van der Waals surface area contributed by atoms with E-state index in [1.807, 2.05) is 37.4 Å². The molecule has 29 heavy (non-hydrogen) atoms. The highest BCUT2D eigenvalue weighted by atomic mass is 16.2. The fourth-order valence-electron chi connectivity index (χ4n) is 3.73. The first-order chi connectivity index (χ1) is 14.0. The summed E-state index contributed by atoms with van der Waals surface area (Å²) in [4.78, 5) is 29.2. The van der Waals surface area contributed by atoms with E-state index >= 15 is 0 Å². The predicted molar refractivity (Wildman–Crippen MR) is 117 cm³/mol. The number of likely N-dealkylation sites (tertiary alicyclic amines) is 1. The lowest BCUT2D eigenvalue weighted by molar-refractivity contribution is -0.133. The van der Waals surface area contributed by atoms with Crippen LogP contribution in [-0.2, 0) is 22.6 Å². The number of hydrogen-bond acceptors (Lipinski definition) is 3. The number of benzene rings is 2. The van der Waals surface area contributed by atoms with Gasteiger partial charge in [0.2, 0.25) is 11.8 Å². The molecule has 0 bridgehead atoms. The van der Waals surface area contributed by atoms with Crippen LogP contribution in [0, 0.1) is 5.92 Å². The van der Waals surface area contributed by atoms with Gasteiger partial charge >= 0.3 is 0 Å². The topological polar surface area (TPSA) is 52.7 Å². The fourth-order valence-corrected chi connectivity index (χ4v) is 3.73. The van der Waals surface area contributed by atoms with E-state index in [0.717, 1.165) is 37.1 Å². The molecule has 1 saturated heterocycles. The van der Waals surface area contributed by atoms with Gasteiger partial charge in [-0.2, -0.15) is 0 Å². The molecule has 2 aromatic carbocycles. The maximum absolute atomic E-state index is 12.7. The van der Waals surface area contributed by atoms with E-state index in [1.54, 1.807) is 4.90 Å². The van der Waals surface area contributed by atoms with Crippen molar-refractivity contribution >= 4 is 17.5 Å². The molecule has 154 valence electrons. The van der Waals surface area contributed by atoms with E-state index in [0.29, 0.717) is 19.6 Å². The fraction of sp³-hybridized carbons (Fsp3) is 0.417. The SMILES string of the molecule is CCc1ccc(CN(C)C(=O)CN2CCC[C@H](C(=O)Nc3ccccc3)C2)cc1. The number of para-hydroxylation sites is 1. The van der Waals surface area contributed by atoms with Crippen molar-refractivity contribution in [3.05, 3.63) is 65.7 Å². The van der Waals surface area contributed by atoms with E-state index in [4.69, 9.17) is 0 Å². The molecule has 1 aliphatic rings. The normalized spacial score (nSPS) is 17.0. The molecule has 0 unspecified atom stereocenters.